The summed E-state index contributed by atoms with van der Waals surface area (Å²) in [5.41, 5.74) is 0. The first kappa shape index (κ1) is 26.0. The predicted molar refractivity (Wildman–Crippen MR) is 119 cm³/mol. The molecule has 0 aliphatic heterocycles. The van der Waals surface area contributed by atoms with E-state index < -0.39 is 16.1 Å². The van der Waals surface area contributed by atoms with Gasteiger partial charge in [-0.1, -0.05) is 70.6 Å². The van der Waals surface area contributed by atoms with Crippen LogP contribution in [0, 0.1) is 0 Å². The quantitative estimate of drug-likeness (QED) is 0.151. The largest absolute Gasteiger partial charge is 0.481 e. The molecule has 2 N–H and O–H groups in total. The SMILES string of the molecule is O=C(O)CCCCCCCCCCCCCCCSc1ccc(S(=O)(=O)O)cc1. The fourth-order valence-corrected chi connectivity index (χ4v) is 4.61. The molecule has 0 spiro atoms. The molecule has 7 heteroatoms. The van der Waals surface area contributed by atoms with Crippen LogP contribution < -0.4 is 0 Å². The fourth-order valence-electron chi connectivity index (χ4n) is 3.22. The Kier molecular flexibility index (Phi) is 14.1. The fraction of sp³-hybridized carbons (Fsp3) is 0.682. The van der Waals surface area contributed by atoms with E-state index in [9.17, 15) is 13.2 Å². The lowest BCUT2D eigenvalue weighted by molar-refractivity contribution is -0.137. The van der Waals surface area contributed by atoms with Crippen molar-refractivity contribution < 1.29 is 22.9 Å². The summed E-state index contributed by atoms with van der Waals surface area (Å²) in [4.78, 5) is 11.4. The van der Waals surface area contributed by atoms with Gasteiger partial charge in [-0.05, 0) is 42.9 Å². The summed E-state index contributed by atoms with van der Waals surface area (Å²) in [6.45, 7) is 0. The van der Waals surface area contributed by atoms with E-state index in [0.29, 0.717) is 6.42 Å². The Hall–Kier alpha value is -1.05. The maximum atomic E-state index is 11.0. The molecule has 0 unspecified atom stereocenters. The molecule has 0 aromatic heterocycles. The van der Waals surface area contributed by atoms with E-state index in [1.807, 2.05) is 0 Å². The minimum atomic E-state index is -4.10. The molecule has 0 amide bonds. The average molecular weight is 445 g/mol. The molecule has 0 heterocycles. The van der Waals surface area contributed by atoms with E-state index >= 15 is 0 Å². The van der Waals surface area contributed by atoms with E-state index in [1.54, 1.807) is 23.9 Å². The highest BCUT2D eigenvalue weighted by Gasteiger charge is 2.08. The van der Waals surface area contributed by atoms with Crippen molar-refractivity contribution in [2.45, 2.75) is 99.7 Å². The molecular weight excluding hydrogens is 408 g/mol. The second kappa shape index (κ2) is 15.7. The summed E-state index contributed by atoms with van der Waals surface area (Å²) in [7, 11) is -4.10. The normalized spacial score (nSPS) is 11.6. The van der Waals surface area contributed by atoms with Gasteiger partial charge >= 0.3 is 5.97 Å². The molecule has 0 bridgehead atoms. The van der Waals surface area contributed by atoms with Gasteiger partial charge < -0.3 is 5.11 Å². The highest BCUT2D eigenvalue weighted by Crippen LogP contribution is 2.22. The van der Waals surface area contributed by atoms with Crippen LogP contribution in [0.25, 0.3) is 0 Å². The van der Waals surface area contributed by atoms with Crippen LogP contribution in [-0.2, 0) is 14.9 Å². The van der Waals surface area contributed by atoms with E-state index in [2.05, 4.69) is 0 Å². The van der Waals surface area contributed by atoms with E-state index in [-0.39, 0.29) is 4.90 Å². The minimum absolute atomic E-state index is 0.0578. The maximum absolute atomic E-state index is 11.0. The molecule has 0 atom stereocenters. The van der Waals surface area contributed by atoms with Crippen molar-refractivity contribution in [2.24, 2.45) is 0 Å². The molecule has 0 saturated carbocycles. The molecule has 5 nitrogen and oxygen atoms in total. The lowest BCUT2D eigenvalue weighted by atomic mass is 10.0. The zero-order valence-corrected chi connectivity index (χ0v) is 19.0. The van der Waals surface area contributed by atoms with Crippen molar-refractivity contribution in [3.8, 4) is 0 Å². The maximum Gasteiger partial charge on any atom is 0.303 e. The number of thioether (sulfide) groups is 1. The second-order valence-electron chi connectivity index (χ2n) is 7.53. The number of aliphatic carboxylic acids is 1. The Labute approximate surface area is 180 Å². The van der Waals surface area contributed by atoms with Crippen LogP contribution in [0.1, 0.15) is 89.9 Å². The van der Waals surface area contributed by atoms with Crippen molar-refractivity contribution in [1.29, 1.82) is 0 Å². The predicted octanol–water partition coefficient (Wildman–Crippen LogP) is 6.57. The van der Waals surface area contributed by atoms with Gasteiger partial charge in [0.15, 0.2) is 0 Å². The molecular formula is C22H36O5S2. The van der Waals surface area contributed by atoms with Crippen LogP contribution >= 0.6 is 11.8 Å². The Balaban J connectivity index is 1.85. The minimum Gasteiger partial charge on any atom is -0.481 e. The van der Waals surface area contributed by atoms with E-state index in [0.717, 1.165) is 36.3 Å². The lowest BCUT2D eigenvalue weighted by Gasteiger charge is -2.04. The van der Waals surface area contributed by atoms with Crippen LogP contribution in [0.15, 0.2) is 34.1 Å². The number of hydrogen-bond donors (Lipinski definition) is 2. The monoisotopic (exact) mass is 444 g/mol. The first-order valence-electron chi connectivity index (χ1n) is 10.8. The number of carbonyl (C=O) groups is 1. The van der Waals surface area contributed by atoms with Gasteiger partial charge in [0.05, 0.1) is 4.90 Å². The number of rotatable bonds is 18. The van der Waals surface area contributed by atoms with E-state index in [1.165, 1.54) is 69.9 Å². The van der Waals surface area contributed by atoms with Crippen LogP contribution in [0.5, 0.6) is 0 Å². The Morgan fingerprint density at radius 3 is 1.55 bits per heavy atom. The third kappa shape index (κ3) is 14.6. The molecule has 0 fully saturated rings. The number of carboxylic acids is 1. The van der Waals surface area contributed by atoms with Gasteiger partial charge in [-0.25, -0.2) is 0 Å². The first-order valence-corrected chi connectivity index (χ1v) is 13.2. The summed E-state index contributed by atoms with van der Waals surface area (Å²) in [6.07, 6.45) is 16.0. The number of carboxylic acid groups (broad SMARTS) is 1. The molecule has 0 saturated heterocycles. The van der Waals surface area contributed by atoms with Crippen molar-refractivity contribution in [1.82, 2.24) is 0 Å². The Morgan fingerprint density at radius 2 is 1.14 bits per heavy atom. The highest BCUT2D eigenvalue weighted by molar-refractivity contribution is 7.99. The molecule has 1 aromatic carbocycles. The van der Waals surface area contributed by atoms with Gasteiger partial charge in [0, 0.05) is 11.3 Å². The molecule has 29 heavy (non-hydrogen) atoms. The highest BCUT2D eigenvalue weighted by atomic mass is 32.2. The second-order valence-corrected chi connectivity index (χ2v) is 10.1. The molecule has 1 aromatic rings. The average Bonchev–Trinajstić information content (AvgIpc) is 2.67. The number of unbranched alkanes of at least 4 members (excludes halogenated alkanes) is 12. The summed E-state index contributed by atoms with van der Waals surface area (Å²) in [5.74, 6) is 0.342. The standard InChI is InChI=1S/C22H36O5S2/c23-22(24)14-12-10-8-6-4-2-1-3-5-7-9-11-13-19-28-20-15-17-21(18-16-20)29(25,26)27/h15-18H,1-14,19H2,(H,23,24)(H,25,26,27). The smallest absolute Gasteiger partial charge is 0.303 e. The van der Waals surface area contributed by atoms with Crippen molar-refractivity contribution in [3.05, 3.63) is 24.3 Å². The molecule has 0 radical (unpaired) electrons. The Morgan fingerprint density at radius 1 is 0.724 bits per heavy atom. The van der Waals surface area contributed by atoms with Crippen molar-refractivity contribution >= 4 is 27.8 Å². The van der Waals surface area contributed by atoms with Gasteiger partial charge in [-0.2, -0.15) is 8.42 Å². The third-order valence-corrected chi connectivity index (χ3v) is 6.89. The van der Waals surface area contributed by atoms with Crippen LogP contribution in [0.4, 0.5) is 0 Å². The van der Waals surface area contributed by atoms with Crippen LogP contribution in [-0.4, -0.2) is 29.8 Å². The number of benzene rings is 1. The molecule has 166 valence electrons. The van der Waals surface area contributed by atoms with Gasteiger partial charge in [0.2, 0.25) is 0 Å². The lowest BCUT2D eigenvalue weighted by Crippen LogP contribution is -1.97. The van der Waals surface area contributed by atoms with Gasteiger partial charge in [-0.3, -0.25) is 9.35 Å². The molecule has 1 rings (SSSR count). The van der Waals surface area contributed by atoms with Crippen molar-refractivity contribution in [3.63, 3.8) is 0 Å². The summed E-state index contributed by atoms with van der Waals surface area (Å²) >= 11 is 1.72. The topological polar surface area (TPSA) is 91.7 Å². The van der Waals surface area contributed by atoms with Gasteiger partial charge in [0.25, 0.3) is 10.1 Å². The van der Waals surface area contributed by atoms with Gasteiger partial charge in [0.1, 0.15) is 0 Å². The third-order valence-electron chi connectivity index (χ3n) is 4.93. The zero-order valence-electron chi connectivity index (χ0n) is 17.4. The van der Waals surface area contributed by atoms with Crippen molar-refractivity contribution in [2.75, 3.05) is 5.75 Å². The molecule has 0 aliphatic rings. The van der Waals surface area contributed by atoms with Crippen LogP contribution in [0.2, 0.25) is 0 Å². The van der Waals surface area contributed by atoms with Crippen LogP contribution in [0.3, 0.4) is 0 Å². The summed E-state index contributed by atoms with van der Waals surface area (Å²) < 4.78 is 31.0. The molecule has 0 aliphatic carbocycles. The zero-order chi connectivity index (χ0) is 21.4. The van der Waals surface area contributed by atoms with Gasteiger partial charge in [-0.15, -0.1) is 11.8 Å². The van der Waals surface area contributed by atoms with E-state index in [4.69, 9.17) is 9.66 Å². The summed E-state index contributed by atoms with van der Waals surface area (Å²) in [5, 5.41) is 8.57. The first-order chi connectivity index (χ1) is 13.9. The summed E-state index contributed by atoms with van der Waals surface area (Å²) in [6, 6.07) is 6.36. The number of hydrogen-bond acceptors (Lipinski definition) is 4. The Bertz CT molecular complexity index is 656.